The Morgan fingerprint density at radius 2 is 0.848 bits per heavy atom. The molecule has 7 heteroatoms. The van der Waals surface area contributed by atoms with Gasteiger partial charge in [0.1, 0.15) is 11.6 Å². The highest BCUT2D eigenvalue weighted by molar-refractivity contribution is 6.13. The average Bonchev–Trinajstić information content (AvgIpc) is 3.88. The quantitative estimate of drug-likeness (QED) is 0.150. The van der Waals surface area contributed by atoms with Crippen LogP contribution in [0.25, 0.3) is 116 Å². The first-order chi connectivity index (χ1) is 32.5. The van der Waals surface area contributed by atoms with Crippen molar-refractivity contribution in [2.45, 2.75) is 0 Å². The minimum Gasteiger partial charge on any atom is -0.319 e. The first kappa shape index (κ1) is 38.7. The van der Waals surface area contributed by atoms with Gasteiger partial charge in [-0.05, 0) is 89.5 Å². The van der Waals surface area contributed by atoms with Gasteiger partial charge >= 0.3 is 0 Å². The van der Waals surface area contributed by atoms with E-state index in [4.69, 9.17) is 16.5 Å². The zero-order valence-electron chi connectivity index (χ0n) is 35.2. The fourth-order valence-electron chi connectivity index (χ4n) is 9.47. The highest BCUT2D eigenvalue weighted by Crippen LogP contribution is 2.44. The molecule has 310 valence electrons. The van der Waals surface area contributed by atoms with Gasteiger partial charge in [-0.15, -0.1) is 0 Å². The van der Waals surface area contributed by atoms with Crippen molar-refractivity contribution in [1.29, 1.82) is 0 Å². The summed E-state index contributed by atoms with van der Waals surface area (Å²) in [7, 11) is 0. The van der Waals surface area contributed by atoms with E-state index in [2.05, 4.69) is 86.8 Å². The van der Waals surface area contributed by atoms with Crippen LogP contribution >= 0.6 is 0 Å². The average molecular weight is 852 g/mol. The maximum absolute atomic E-state index is 15.3. The minimum atomic E-state index is -0.694. The zero-order valence-corrected chi connectivity index (χ0v) is 35.2. The largest absolute Gasteiger partial charge is 0.319 e. The molecule has 4 heterocycles. The first-order valence-electron chi connectivity index (χ1n) is 21.6. The van der Waals surface area contributed by atoms with Crippen molar-refractivity contribution >= 4 is 49.3 Å². The molecule has 0 aliphatic heterocycles. The number of halogens is 2. The SMILES string of the molecule is [C-]#[N+]c1cc(-n2c3ccccc3c3cc(-c4ccc(-c5ccccc5)nc4)ccc32)c(-c2cc(F)cc(F)c2)cc1-n1c2ccccc2c2cc(-c3ccc(-c4ccccc4)cn3)ccc21. The van der Waals surface area contributed by atoms with E-state index < -0.39 is 11.6 Å². The number of nitrogens with zero attached hydrogens (tertiary/aromatic N) is 5. The van der Waals surface area contributed by atoms with Gasteiger partial charge in [-0.1, -0.05) is 121 Å². The predicted octanol–water partition coefficient (Wildman–Crippen LogP) is 15.8. The molecule has 12 rings (SSSR count). The number of hydrogen-bond acceptors (Lipinski definition) is 2. The molecule has 0 amide bonds. The molecule has 0 fully saturated rings. The monoisotopic (exact) mass is 851 g/mol. The molecule has 0 saturated carbocycles. The molecule has 0 aliphatic rings. The molecule has 0 atom stereocenters. The fraction of sp³-hybridized carbons (Fsp3) is 0. The number of hydrogen-bond donors (Lipinski definition) is 0. The number of benzene rings is 8. The van der Waals surface area contributed by atoms with Gasteiger partial charge in [0.15, 0.2) is 0 Å². The Hall–Kier alpha value is -8.99. The van der Waals surface area contributed by atoms with Crippen LogP contribution in [0.1, 0.15) is 0 Å². The van der Waals surface area contributed by atoms with Gasteiger partial charge in [-0.25, -0.2) is 13.6 Å². The predicted molar refractivity (Wildman–Crippen MR) is 264 cm³/mol. The normalized spacial score (nSPS) is 11.5. The van der Waals surface area contributed by atoms with Crippen molar-refractivity contribution in [2.24, 2.45) is 0 Å². The second-order valence-electron chi connectivity index (χ2n) is 16.4. The molecule has 0 N–H and O–H groups in total. The minimum absolute atomic E-state index is 0.348. The Bertz CT molecular complexity index is 3860. The second kappa shape index (κ2) is 15.7. The summed E-state index contributed by atoms with van der Waals surface area (Å²) in [4.78, 5) is 13.8. The van der Waals surface area contributed by atoms with Crippen LogP contribution in [-0.2, 0) is 0 Å². The maximum atomic E-state index is 15.3. The summed E-state index contributed by atoms with van der Waals surface area (Å²) in [6.45, 7) is 8.68. The molecule has 0 unspecified atom stereocenters. The van der Waals surface area contributed by atoms with E-state index in [0.717, 1.165) is 94.4 Å². The van der Waals surface area contributed by atoms with Crippen LogP contribution < -0.4 is 0 Å². The van der Waals surface area contributed by atoms with E-state index in [9.17, 15) is 0 Å². The lowest BCUT2D eigenvalue weighted by Gasteiger charge is -2.19. The van der Waals surface area contributed by atoms with E-state index in [1.54, 1.807) is 0 Å². The highest BCUT2D eigenvalue weighted by atomic mass is 19.1. The van der Waals surface area contributed by atoms with Gasteiger partial charge < -0.3 is 9.13 Å². The van der Waals surface area contributed by atoms with E-state index in [1.807, 2.05) is 122 Å². The Morgan fingerprint density at radius 1 is 0.364 bits per heavy atom. The highest BCUT2D eigenvalue weighted by Gasteiger charge is 2.23. The smallest absolute Gasteiger partial charge is 0.212 e. The Kier molecular flexibility index (Phi) is 9.18. The standard InChI is InChI=1S/C59H35F2N5/c1-62-53-34-58(65-54-18-10-8-16-46(54)49-30-39(22-26-56(49)65)42-21-24-51(63-36-42)38-14-6-3-7-15-38)48(43-28-44(60)32-45(61)29-43)33-59(53)66-55-19-11-9-17-47(55)50-31-40(23-27-57(50)66)52-25-20-41(35-64-52)37-12-4-2-5-13-37/h2-36H. The summed E-state index contributed by atoms with van der Waals surface area (Å²) in [5, 5.41) is 3.97. The number of aromatic nitrogens is 4. The van der Waals surface area contributed by atoms with Crippen LogP contribution in [-0.4, -0.2) is 19.1 Å². The lowest BCUT2D eigenvalue weighted by Crippen LogP contribution is -2.02. The molecule has 0 aliphatic carbocycles. The zero-order chi connectivity index (χ0) is 44.3. The Balaban J connectivity index is 1.04. The van der Waals surface area contributed by atoms with E-state index >= 15 is 8.78 Å². The number of pyridine rings is 2. The molecule has 4 aromatic heterocycles. The molecular weight excluding hydrogens is 817 g/mol. The van der Waals surface area contributed by atoms with E-state index in [1.165, 1.54) is 12.1 Å². The van der Waals surface area contributed by atoms with Crippen molar-refractivity contribution in [3.8, 4) is 67.3 Å². The summed E-state index contributed by atoms with van der Waals surface area (Å²) < 4.78 is 34.9. The molecule has 5 nitrogen and oxygen atoms in total. The molecule has 0 radical (unpaired) electrons. The van der Waals surface area contributed by atoms with Crippen LogP contribution in [0.2, 0.25) is 0 Å². The van der Waals surface area contributed by atoms with Gasteiger partial charge in [0.25, 0.3) is 0 Å². The molecule has 8 aromatic carbocycles. The summed E-state index contributed by atoms with van der Waals surface area (Å²) >= 11 is 0. The van der Waals surface area contributed by atoms with Gasteiger partial charge in [0.2, 0.25) is 5.69 Å². The number of fused-ring (bicyclic) bond motifs is 6. The van der Waals surface area contributed by atoms with Crippen LogP contribution in [0.3, 0.4) is 0 Å². The van der Waals surface area contributed by atoms with Gasteiger partial charge in [0.05, 0.1) is 45.7 Å². The fourth-order valence-corrected chi connectivity index (χ4v) is 9.47. The van der Waals surface area contributed by atoms with Gasteiger partial charge in [-0.3, -0.25) is 9.97 Å². The van der Waals surface area contributed by atoms with Gasteiger partial charge in [-0.2, -0.15) is 0 Å². The molecule has 0 bridgehead atoms. The molecule has 66 heavy (non-hydrogen) atoms. The summed E-state index contributed by atoms with van der Waals surface area (Å²) in [6, 6.07) is 64.7. The molecule has 0 saturated heterocycles. The Morgan fingerprint density at radius 3 is 1.44 bits per heavy atom. The van der Waals surface area contributed by atoms with Crippen LogP contribution in [0, 0.1) is 18.2 Å². The lowest BCUT2D eigenvalue weighted by atomic mass is 10.0. The second-order valence-corrected chi connectivity index (χ2v) is 16.4. The summed E-state index contributed by atoms with van der Waals surface area (Å²) in [6.07, 6.45) is 3.80. The lowest BCUT2D eigenvalue weighted by molar-refractivity contribution is 0.584. The maximum Gasteiger partial charge on any atom is 0.212 e. The van der Waals surface area contributed by atoms with Crippen molar-refractivity contribution in [1.82, 2.24) is 19.1 Å². The number of rotatable bonds is 7. The molecular formula is C59H35F2N5. The van der Waals surface area contributed by atoms with E-state index in [-0.39, 0.29) is 0 Å². The summed E-state index contributed by atoms with van der Waals surface area (Å²) in [5.41, 5.74) is 13.9. The van der Waals surface area contributed by atoms with Crippen LogP contribution in [0.15, 0.2) is 213 Å². The van der Waals surface area contributed by atoms with Crippen molar-refractivity contribution < 1.29 is 8.78 Å². The number of para-hydroxylation sites is 2. The third kappa shape index (κ3) is 6.51. The van der Waals surface area contributed by atoms with E-state index in [0.29, 0.717) is 28.2 Å². The van der Waals surface area contributed by atoms with Gasteiger partial charge in [0, 0.05) is 73.5 Å². The van der Waals surface area contributed by atoms with Crippen LogP contribution in [0.5, 0.6) is 0 Å². The Labute approximate surface area is 378 Å². The molecule has 12 aromatic rings. The topological polar surface area (TPSA) is 40.0 Å². The molecule has 0 spiro atoms. The van der Waals surface area contributed by atoms with Crippen molar-refractivity contribution in [2.75, 3.05) is 0 Å². The third-order valence-corrected chi connectivity index (χ3v) is 12.5. The van der Waals surface area contributed by atoms with Crippen molar-refractivity contribution in [3.63, 3.8) is 0 Å². The van der Waals surface area contributed by atoms with Crippen molar-refractivity contribution in [3.05, 3.63) is 236 Å². The third-order valence-electron chi connectivity index (χ3n) is 12.5. The first-order valence-corrected chi connectivity index (χ1v) is 21.6. The van der Waals surface area contributed by atoms with Crippen LogP contribution in [0.4, 0.5) is 14.5 Å². The summed E-state index contributed by atoms with van der Waals surface area (Å²) in [5.74, 6) is -1.39.